The summed E-state index contributed by atoms with van der Waals surface area (Å²) in [6, 6.07) is 12.9. The molecule has 0 fully saturated rings. The number of halogens is 2. The van der Waals surface area contributed by atoms with Gasteiger partial charge in [-0.15, -0.1) is 11.3 Å². The van der Waals surface area contributed by atoms with Crippen LogP contribution in [-0.2, 0) is 4.79 Å². The number of fused-ring (bicyclic) bond motifs is 1. The highest BCUT2D eigenvalue weighted by Crippen LogP contribution is 2.33. The minimum atomic E-state index is -0.932. The molecule has 1 aromatic heterocycles. The molecule has 6 heteroatoms. The first kappa shape index (κ1) is 16.0. The van der Waals surface area contributed by atoms with E-state index in [2.05, 4.69) is 4.98 Å². The van der Waals surface area contributed by atoms with Crippen molar-refractivity contribution in [3.63, 3.8) is 0 Å². The SMILES string of the molecule is O=C(O)CC(=Cc1c(Cl)cccc1Cl)c1nc2ccccc2s1. The van der Waals surface area contributed by atoms with E-state index in [0.29, 0.717) is 26.2 Å². The molecule has 0 saturated heterocycles. The summed E-state index contributed by atoms with van der Waals surface area (Å²) in [5.74, 6) is -0.932. The Morgan fingerprint density at radius 2 is 1.83 bits per heavy atom. The van der Waals surface area contributed by atoms with E-state index in [1.165, 1.54) is 11.3 Å². The van der Waals surface area contributed by atoms with E-state index in [1.54, 1.807) is 24.3 Å². The molecule has 2 aromatic carbocycles. The third-order valence-corrected chi connectivity index (χ3v) is 5.00. The summed E-state index contributed by atoms with van der Waals surface area (Å²) >= 11 is 13.8. The topological polar surface area (TPSA) is 50.2 Å². The van der Waals surface area contributed by atoms with Gasteiger partial charge in [-0.1, -0.05) is 41.4 Å². The number of nitrogens with zero attached hydrogens (tertiary/aromatic N) is 1. The lowest BCUT2D eigenvalue weighted by molar-refractivity contribution is -0.135. The van der Waals surface area contributed by atoms with Crippen LogP contribution in [0.4, 0.5) is 0 Å². The first-order chi connectivity index (χ1) is 11.0. The van der Waals surface area contributed by atoms with Gasteiger partial charge in [0.25, 0.3) is 0 Å². The average Bonchev–Trinajstić information content (AvgIpc) is 2.93. The fourth-order valence-corrected chi connectivity index (χ4v) is 3.67. The van der Waals surface area contributed by atoms with Crippen LogP contribution in [0.25, 0.3) is 21.9 Å². The van der Waals surface area contributed by atoms with Crippen molar-refractivity contribution in [2.45, 2.75) is 6.42 Å². The number of aromatic nitrogens is 1. The number of carboxylic acids is 1. The van der Waals surface area contributed by atoms with Gasteiger partial charge in [-0.3, -0.25) is 4.79 Å². The van der Waals surface area contributed by atoms with Crippen LogP contribution >= 0.6 is 34.5 Å². The van der Waals surface area contributed by atoms with Crippen LogP contribution in [0.3, 0.4) is 0 Å². The summed E-state index contributed by atoms with van der Waals surface area (Å²) in [6.45, 7) is 0. The average molecular weight is 364 g/mol. The van der Waals surface area contributed by atoms with Crippen molar-refractivity contribution >= 4 is 62.4 Å². The molecule has 0 radical (unpaired) electrons. The first-order valence-electron chi connectivity index (χ1n) is 6.77. The van der Waals surface area contributed by atoms with Crippen molar-refractivity contribution in [1.82, 2.24) is 4.98 Å². The molecule has 0 amide bonds. The number of thiazole rings is 1. The largest absolute Gasteiger partial charge is 0.481 e. The molecule has 0 aliphatic rings. The molecule has 0 spiro atoms. The maximum Gasteiger partial charge on any atom is 0.307 e. The highest BCUT2D eigenvalue weighted by atomic mass is 35.5. The Labute approximate surface area is 146 Å². The van der Waals surface area contributed by atoms with Crippen molar-refractivity contribution < 1.29 is 9.90 Å². The minimum Gasteiger partial charge on any atom is -0.481 e. The zero-order valence-corrected chi connectivity index (χ0v) is 14.1. The van der Waals surface area contributed by atoms with Gasteiger partial charge < -0.3 is 5.11 Å². The number of rotatable bonds is 4. The minimum absolute atomic E-state index is 0.151. The molecule has 0 bridgehead atoms. The van der Waals surface area contributed by atoms with Crippen LogP contribution in [0.2, 0.25) is 10.0 Å². The summed E-state index contributed by atoms with van der Waals surface area (Å²) in [7, 11) is 0. The molecule has 0 aliphatic carbocycles. The van der Waals surface area contributed by atoms with Gasteiger partial charge in [-0.2, -0.15) is 0 Å². The fraction of sp³-hybridized carbons (Fsp3) is 0.0588. The zero-order valence-electron chi connectivity index (χ0n) is 11.8. The molecule has 1 heterocycles. The predicted octanol–water partition coefficient (Wildman–Crippen LogP) is 5.62. The monoisotopic (exact) mass is 363 g/mol. The zero-order chi connectivity index (χ0) is 16.4. The fourth-order valence-electron chi connectivity index (χ4n) is 2.18. The molecule has 0 aliphatic heterocycles. The molecule has 116 valence electrons. The van der Waals surface area contributed by atoms with Crippen molar-refractivity contribution in [2.75, 3.05) is 0 Å². The van der Waals surface area contributed by atoms with Crippen LogP contribution in [0.5, 0.6) is 0 Å². The number of aliphatic carboxylic acids is 1. The Balaban J connectivity index is 2.14. The molecule has 3 rings (SSSR count). The van der Waals surface area contributed by atoms with Crippen molar-refractivity contribution in [3.05, 3.63) is 63.1 Å². The van der Waals surface area contributed by atoms with Crippen LogP contribution in [0, 0.1) is 0 Å². The Hall–Kier alpha value is -1.88. The molecular weight excluding hydrogens is 353 g/mol. The molecule has 0 atom stereocenters. The van der Waals surface area contributed by atoms with Gasteiger partial charge in [0.1, 0.15) is 5.01 Å². The molecular formula is C17H11Cl2NO2S. The van der Waals surface area contributed by atoms with E-state index in [-0.39, 0.29) is 6.42 Å². The molecule has 0 saturated carbocycles. The Bertz CT molecular complexity index is 865. The van der Waals surface area contributed by atoms with Gasteiger partial charge in [0.05, 0.1) is 16.6 Å². The first-order valence-corrected chi connectivity index (χ1v) is 8.34. The Morgan fingerprint density at radius 3 is 2.48 bits per heavy atom. The second-order valence-corrected chi connectivity index (χ2v) is 6.71. The molecule has 0 unspecified atom stereocenters. The third-order valence-electron chi connectivity index (χ3n) is 3.23. The van der Waals surface area contributed by atoms with E-state index in [0.717, 1.165) is 10.2 Å². The van der Waals surface area contributed by atoms with Gasteiger partial charge in [-0.05, 0) is 35.9 Å². The predicted molar refractivity (Wildman–Crippen MR) is 96.2 cm³/mol. The summed E-state index contributed by atoms with van der Waals surface area (Å²) < 4.78 is 1.00. The summed E-state index contributed by atoms with van der Waals surface area (Å²) in [4.78, 5) is 15.8. The maximum absolute atomic E-state index is 11.2. The summed E-state index contributed by atoms with van der Waals surface area (Å²) in [5.41, 5.74) is 2.02. The third kappa shape index (κ3) is 3.55. The molecule has 3 aromatic rings. The normalized spacial score (nSPS) is 11.8. The standard InChI is InChI=1S/C17H11Cl2NO2S/c18-12-4-3-5-13(19)11(12)8-10(9-16(21)22)17-20-14-6-1-2-7-15(14)23-17/h1-8H,9H2,(H,21,22). The number of carboxylic acid groups (broad SMARTS) is 1. The highest BCUT2D eigenvalue weighted by molar-refractivity contribution is 7.19. The smallest absolute Gasteiger partial charge is 0.307 e. The van der Waals surface area contributed by atoms with E-state index in [9.17, 15) is 9.90 Å². The lowest BCUT2D eigenvalue weighted by Gasteiger charge is -2.05. The summed E-state index contributed by atoms with van der Waals surface area (Å²) in [5, 5.41) is 10.8. The van der Waals surface area contributed by atoms with Crippen molar-refractivity contribution in [3.8, 4) is 0 Å². The van der Waals surface area contributed by atoms with Crippen molar-refractivity contribution in [1.29, 1.82) is 0 Å². The molecule has 1 N–H and O–H groups in total. The molecule has 23 heavy (non-hydrogen) atoms. The number of carbonyl (C=O) groups is 1. The van der Waals surface area contributed by atoms with Crippen LogP contribution in [0.15, 0.2) is 42.5 Å². The van der Waals surface area contributed by atoms with Gasteiger partial charge in [0.2, 0.25) is 0 Å². The number of hydrogen-bond donors (Lipinski definition) is 1. The van der Waals surface area contributed by atoms with Gasteiger partial charge >= 0.3 is 5.97 Å². The second-order valence-electron chi connectivity index (χ2n) is 4.86. The van der Waals surface area contributed by atoms with E-state index >= 15 is 0 Å². The highest BCUT2D eigenvalue weighted by Gasteiger charge is 2.14. The van der Waals surface area contributed by atoms with E-state index in [4.69, 9.17) is 23.2 Å². The van der Waals surface area contributed by atoms with E-state index < -0.39 is 5.97 Å². The van der Waals surface area contributed by atoms with E-state index in [1.807, 2.05) is 24.3 Å². The van der Waals surface area contributed by atoms with Gasteiger partial charge in [0, 0.05) is 15.6 Å². The Kier molecular flexibility index (Phi) is 4.66. The second kappa shape index (κ2) is 6.71. The number of benzene rings is 2. The van der Waals surface area contributed by atoms with Crippen LogP contribution in [-0.4, -0.2) is 16.1 Å². The number of hydrogen-bond acceptors (Lipinski definition) is 3. The van der Waals surface area contributed by atoms with Crippen LogP contribution in [0.1, 0.15) is 17.0 Å². The lowest BCUT2D eigenvalue weighted by atomic mass is 10.1. The Morgan fingerprint density at radius 1 is 1.13 bits per heavy atom. The lowest BCUT2D eigenvalue weighted by Crippen LogP contribution is -1.97. The van der Waals surface area contributed by atoms with Crippen molar-refractivity contribution in [2.24, 2.45) is 0 Å². The quantitative estimate of drug-likeness (QED) is 0.654. The van der Waals surface area contributed by atoms with Gasteiger partial charge in [-0.25, -0.2) is 4.98 Å². The summed E-state index contributed by atoms with van der Waals surface area (Å²) in [6.07, 6.45) is 1.55. The van der Waals surface area contributed by atoms with Gasteiger partial charge in [0.15, 0.2) is 0 Å². The number of para-hydroxylation sites is 1. The molecule has 3 nitrogen and oxygen atoms in total. The van der Waals surface area contributed by atoms with Crippen LogP contribution < -0.4 is 0 Å². The maximum atomic E-state index is 11.2.